The first-order valence-corrected chi connectivity index (χ1v) is 8.53. The zero-order valence-corrected chi connectivity index (χ0v) is 14.5. The first-order valence-electron chi connectivity index (χ1n) is 8.53. The summed E-state index contributed by atoms with van der Waals surface area (Å²) in [6, 6.07) is 16.1. The molecule has 27 heavy (non-hydrogen) atoms. The fraction of sp³-hybridized carbons (Fsp3) is 0.0476. The van der Waals surface area contributed by atoms with Gasteiger partial charge in [-0.05, 0) is 37.3 Å². The minimum Gasteiger partial charge on any atom is -0.261 e. The molecular formula is C21H14FN5. The number of nitrogens with zero attached hydrogens (tertiary/aromatic N) is 5. The van der Waals surface area contributed by atoms with Crippen molar-refractivity contribution in [2.45, 2.75) is 6.92 Å². The molecule has 0 amide bonds. The van der Waals surface area contributed by atoms with E-state index in [1.54, 1.807) is 35.3 Å². The lowest BCUT2D eigenvalue weighted by atomic mass is 10.1. The van der Waals surface area contributed by atoms with E-state index in [0.29, 0.717) is 17.2 Å². The molecule has 0 aliphatic heterocycles. The van der Waals surface area contributed by atoms with Crippen LogP contribution in [0, 0.1) is 12.7 Å². The van der Waals surface area contributed by atoms with Crippen LogP contribution in [0.15, 0.2) is 67.0 Å². The number of rotatable bonds is 2. The molecule has 130 valence electrons. The molecule has 6 heteroatoms. The van der Waals surface area contributed by atoms with Gasteiger partial charge in [0, 0.05) is 22.7 Å². The maximum Gasteiger partial charge on any atom is 0.165 e. The second kappa shape index (κ2) is 5.95. The smallest absolute Gasteiger partial charge is 0.165 e. The standard InChI is InChI=1S/C21H14FN5/c1-13-10-19-14(11-23-13)12-24-27(19)21-16-7-3-5-9-18(16)25-20(26-21)15-6-2-4-8-17(15)22/h2-12H,1H3. The van der Waals surface area contributed by atoms with Gasteiger partial charge < -0.3 is 0 Å². The van der Waals surface area contributed by atoms with Crippen LogP contribution < -0.4 is 0 Å². The molecule has 2 aromatic carbocycles. The summed E-state index contributed by atoms with van der Waals surface area (Å²) in [4.78, 5) is 13.6. The Balaban J connectivity index is 1.85. The lowest BCUT2D eigenvalue weighted by Gasteiger charge is -2.10. The lowest BCUT2D eigenvalue weighted by Crippen LogP contribution is -2.04. The molecule has 0 saturated heterocycles. The van der Waals surface area contributed by atoms with Crippen LogP contribution in [0.25, 0.3) is 39.0 Å². The summed E-state index contributed by atoms with van der Waals surface area (Å²) in [6.45, 7) is 1.93. The zero-order chi connectivity index (χ0) is 18.4. The van der Waals surface area contributed by atoms with Gasteiger partial charge in [0.05, 0.1) is 22.8 Å². The maximum atomic E-state index is 14.3. The summed E-state index contributed by atoms with van der Waals surface area (Å²) in [5.41, 5.74) is 2.87. The third-order valence-corrected chi connectivity index (χ3v) is 4.49. The van der Waals surface area contributed by atoms with E-state index in [2.05, 4.69) is 20.1 Å². The second-order valence-corrected chi connectivity index (χ2v) is 6.31. The SMILES string of the molecule is Cc1cc2c(cn1)cnn2-c1nc(-c2ccccc2F)nc2ccccc12. The molecule has 0 aliphatic rings. The summed E-state index contributed by atoms with van der Waals surface area (Å²) in [5.74, 6) is 0.583. The number of aromatic nitrogens is 5. The average Bonchev–Trinajstić information content (AvgIpc) is 3.10. The van der Waals surface area contributed by atoms with Gasteiger partial charge in [-0.1, -0.05) is 24.3 Å². The fourth-order valence-electron chi connectivity index (χ4n) is 3.17. The first-order chi connectivity index (χ1) is 13.2. The van der Waals surface area contributed by atoms with E-state index in [9.17, 15) is 4.39 Å². The van der Waals surface area contributed by atoms with Gasteiger partial charge in [0.1, 0.15) is 5.82 Å². The van der Waals surface area contributed by atoms with Crippen molar-refractivity contribution in [1.82, 2.24) is 24.7 Å². The first kappa shape index (κ1) is 15.6. The predicted octanol–water partition coefficient (Wildman–Crippen LogP) is 4.48. The molecule has 0 aliphatic carbocycles. The highest BCUT2D eigenvalue weighted by Crippen LogP contribution is 2.27. The van der Waals surface area contributed by atoms with Crippen molar-refractivity contribution in [3.63, 3.8) is 0 Å². The summed E-state index contributed by atoms with van der Waals surface area (Å²) >= 11 is 0. The Hall–Kier alpha value is -3.67. The zero-order valence-electron chi connectivity index (χ0n) is 14.5. The summed E-state index contributed by atoms with van der Waals surface area (Å²) < 4.78 is 16.1. The van der Waals surface area contributed by atoms with Crippen molar-refractivity contribution in [2.24, 2.45) is 0 Å². The highest BCUT2D eigenvalue weighted by Gasteiger charge is 2.15. The monoisotopic (exact) mass is 355 g/mol. The number of halogens is 1. The molecule has 5 rings (SSSR count). The molecule has 0 N–H and O–H groups in total. The van der Waals surface area contributed by atoms with Gasteiger partial charge in [0.25, 0.3) is 0 Å². The van der Waals surface area contributed by atoms with Crippen LogP contribution in [0.3, 0.4) is 0 Å². The molecule has 0 atom stereocenters. The summed E-state index contributed by atoms with van der Waals surface area (Å²) in [5, 5.41) is 6.26. The van der Waals surface area contributed by atoms with Gasteiger partial charge in [-0.25, -0.2) is 19.0 Å². The molecular weight excluding hydrogens is 341 g/mol. The number of pyridine rings is 1. The van der Waals surface area contributed by atoms with Crippen molar-refractivity contribution in [1.29, 1.82) is 0 Å². The van der Waals surface area contributed by atoms with E-state index in [1.165, 1.54) is 6.07 Å². The van der Waals surface area contributed by atoms with Crippen LogP contribution >= 0.6 is 0 Å². The third kappa shape index (κ3) is 2.54. The summed E-state index contributed by atoms with van der Waals surface area (Å²) in [7, 11) is 0. The molecule has 0 unspecified atom stereocenters. The third-order valence-electron chi connectivity index (χ3n) is 4.49. The van der Waals surface area contributed by atoms with Gasteiger partial charge in [0.15, 0.2) is 11.6 Å². The minimum absolute atomic E-state index is 0.330. The topological polar surface area (TPSA) is 56.5 Å². The van der Waals surface area contributed by atoms with E-state index in [0.717, 1.165) is 27.5 Å². The number of hydrogen-bond acceptors (Lipinski definition) is 4. The highest BCUT2D eigenvalue weighted by molar-refractivity contribution is 5.89. The van der Waals surface area contributed by atoms with E-state index < -0.39 is 0 Å². The second-order valence-electron chi connectivity index (χ2n) is 6.31. The Morgan fingerprint density at radius 2 is 1.74 bits per heavy atom. The fourth-order valence-corrected chi connectivity index (χ4v) is 3.17. The van der Waals surface area contributed by atoms with E-state index in [-0.39, 0.29) is 5.82 Å². The lowest BCUT2D eigenvalue weighted by molar-refractivity contribution is 0.630. The van der Waals surface area contributed by atoms with Crippen LogP contribution in [0.5, 0.6) is 0 Å². The molecule has 0 radical (unpaired) electrons. The normalized spacial score (nSPS) is 11.3. The number of fused-ring (bicyclic) bond motifs is 2. The van der Waals surface area contributed by atoms with Crippen LogP contribution in [-0.4, -0.2) is 24.7 Å². The Morgan fingerprint density at radius 1 is 0.926 bits per heavy atom. The van der Waals surface area contributed by atoms with Gasteiger partial charge in [-0.2, -0.15) is 5.10 Å². The Labute approximate surface area is 154 Å². The van der Waals surface area contributed by atoms with Gasteiger partial charge in [-0.3, -0.25) is 4.98 Å². The number of para-hydroxylation sites is 1. The minimum atomic E-state index is -0.357. The molecule has 3 aromatic heterocycles. The quantitative estimate of drug-likeness (QED) is 0.468. The Kier molecular flexibility index (Phi) is 3.43. The van der Waals surface area contributed by atoms with Crippen LogP contribution in [0.4, 0.5) is 4.39 Å². The maximum absolute atomic E-state index is 14.3. The van der Waals surface area contributed by atoms with Crippen molar-refractivity contribution in [3.8, 4) is 17.2 Å². The van der Waals surface area contributed by atoms with E-state index in [4.69, 9.17) is 0 Å². The molecule has 5 nitrogen and oxygen atoms in total. The molecule has 0 spiro atoms. The average molecular weight is 355 g/mol. The van der Waals surface area contributed by atoms with Crippen molar-refractivity contribution < 1.29 is 4.39 Å². The van der Waals surface area contributed by atoms with Crippen LogP contribution in [0.1, 0.15) is 5.69 Å². The van der Waals surface area contributed by atoms with Gasteiger partial charge >= 0.3 is 0 Å². The summed E-state index contributed by atoms with van der Waals surface area (Å²) in [6.07, 6.45) is 3.54. The molecule has 0 bridgehead atoms. The number of aryl methyl sites for hydroxylation is 1. The molecule has 3 heterocycles. The number of benzene rings is 2. The van der Waals surface area contributed by atoms with Crippen LogP contribution in [0.2, 0.25) is 0 Å². The predicted molar refractivity (Wildman–Crippen MR) is 102 cm³/mol. The van der Waals surface area contributed by atoms with Crippen molar-refractivity contribution in [3.05, 3.63) is 78.5 Å². The van der Waals surface area contributed by atoms with Gasteiger partial charge in [0.2, 0.25) is 0 Å². The van der Waals surface area contributed by atoms with Crippen molar-refractivity contribution in [2.75, 3.05) is 0 Å². The Bertz CT molecular complexity index is 1310. The Morgan fingerprint density at radius 3 is 2.63 bits per heavy atom. The molecule has 0 saturated carbocycles. The highest BCUT2D eigenvalue weighted by atomic mass is 19.1. The van der Waals surface area contributed by atoms with Crippen LogP contribution in [-0.2, 0) is 0 Å². The number of hydrogen-bond donors (Lipinski definition) is 0. The molecule has 5 aromatic rings. The van der Waals surface area contributed by atoms with E-state index >= 15 is 0 Å². The molecule has 0 fully saturated rings. The largest absolute Gasteiger partial charge is 0.261 e. The van der Waals surface area contributed by atoms with Crippen molar-refractivity contribution >= 4 is 21.8 Å². The van der Waals surface area contributed by atoms with E-state index in [1.807, 2.05) is 37.3 Å². The van der Waals surface area contributed by atoms with Gasteiger partial charge in [-0.15, -0.1) is 0 Å².